The van der Waals surface area contributed by atoms with E-state index in [1.165, 1.54) is 3.57 Å². The molecule has 2 rings (SSSR count). The fourth-order valence-corrected chi connectivity index (χ4v) is 2.22. The molecule has 16 heavy (non-hydrogen) atoms. The maximum atomic E-state index is 5.70. The molecule has 0 saturated carbocycles. The van der Waals surface area contributed by atoms with Crippen LogP contribution in [0.4, 0.5) is 0 Å². The molecule has 1 aliphatic rings. The Balaban J connectivity index is 2.28. The van der Waals surface area contributed by atoms with Gasteiger partial charge in [0, 0.05) is 9.13 Å². The number of aliphatic imine (C=N–C) groups is 1. The van der Waals surface area contributed by atoms with Crippen molar-refractivity contribution in [2.75, 3.05) is 6.61 Å². The molecule has 0 saturated heterocycles. The smallest absolute Gasteiger partial charge is 0.217 e. The summed E-state index contributed by atoms with van der Waals surface area (Å²) in [6.07, 6.45) is 0. The lowest BCUT2D eigenvalue weighted by molar-refractivity contribution is 0.236. The van der Waals surface area contributed by atoms with Crippen LogP contribution >= 0.6 is 22.6 Å². The van der Waals surface area contributed by atoms with Gasteiger partial charge in [-0.1, -0.05) is 32.9 Å². The normalized spacial score (nSPS) is 20.5. The highest BCUT2D eigenvalue weighted by Gasteiger charge is 2.30. The van der Waals surface area contributed by atoms with E-state index in [4.69, 9.17) is 4.74 Å². The zero-order valence-electron chi connectivity index (χ0n) is 9.83. The van der Waals surface area contributed by atoms with Crippen LogP contribution in [-0.4, -0.2) is 18.5 Å². The monoisotopic (exact) mass is 329 g/mol. The summed E-state index contributed by atoms with van der Waals surface area (Å²) in [7, 11) is 0. The molecule has 0 bridgehead atoms. The summed E-state index contributed by atoms with van der Waals surface area (Å²) in [5, 5.41) is 0. The van der Waals surface area contributed by atoms with Crippen LogP contribution in [0.25, 0.3) is 0 Å². The largest absolute Gasteiger partial charge is 0.475 e. The molecule has 1 aliphatic heterocycles. The molecule has 0 N–H and O–H groups in total. The maximum absolute atomic E-state index is 5.70. The third-order valence-electron chi connectivity index (χ3n) is 2.75. The van der Waals surface area contributed by atoms with Crippen LogP contribution in [0, 0.1) is 8.99 Å². The molecule has 1 unspecified atom stereocenters. The minimum atomic E-state index is 0.169. The first kappa shape index (κ1) is 11.9. The summed E-state index contributed by atoms with van der Waals surface area (Å²) in [6.45, 7) is 7.29. The number of nitrogens with zero attached hydrogens (tertiary/aromatic N) is 1. The third-order valence-corrected chi connectivity index (χ3v) is 3.70. The van der Waals surface area contributed by atoms with Gasteiger partial charge in [0.25, 0.3) is 0 Å². The SMILES string of the molecule is CC(C)(C)C1COC(c2ccccc2I)=N1. The minimum Gasteiger partial charge on any atom is -0.475 e. The van der Waals surface area contributed by atoms with Gasteiger partial charge in [0.05, 0.1) is 6.04 Å². The Morgan fingerprint density at radius 2 is 2.00 bits per heavy atom. The zero-order valence-corrected chi connectivity index (χ0v) is 12.0. The predicted octanol–water partition coefficient (Wildman–Crippen LogP) is 3.48. The molecule has 0 fully saturated rings. The average Bonchev–Trinajstić information content (AvgIpc) is 2.66. The first-order valence-corrected chi connectivity index (χ1v) is 6.52. The molecule has 1 heterocycles. The fourth-order valence-electron chi connectivity index (χ4n) is 1.60. The Morgan fingerprint density at radius 3 is 2.56 bits per heavy atom. The van der Waals surface area contributed by atoms with Crippen molar-refractivity contribution in [2.24, 2.45) is 10.4 Å². The first-order valence-electron chi connectivity index (χ1n) is 5.44. The van der Waals surface area contributed by atoms with Gasteiger partial charge >= 0.3 is 0 Å². The van der Waals surface area contributed by atoms with Crippen LogP contribution in [0.1, 0.15) is 26.3 Å². The van der Waals surface area contributed by atoms with E-state index in [-0.39, 0.29) is 11.5 Å². The van der Waals surface area contributed by atoms with E-state index in [9.17, 15) is 0 Å². The number of benzene rings is 1. The van der Waals surface area contributed by atoms with E-state index >= 15 is 0 Å². The third kappa shape index (κ3) is 2.39. The number of hydrogen-bond acceptors (Lipinski definition) is 2. The molecule has 0 radical (unpaired) electrons. The number of halogens is 1. The van der Waals surface area contributed by atoms with Crippen LogP contribution in [0.15, 0.2) is 29.3 Å². The molecule has 3 heteroatoms. The number of hydrogen-bond donors (Lipinski definition) is 0. The number of rotatable bonds is 1. The van der Waals surface area contributed by atoms with Crippen LogP contribution in [0.2, 0.25) is 0 Å². The average molecular weight is 329 g/mol. The van der Waals surface area contributed by atoms with Crippen LogP contribution in [0.3, 0.4) is 0 Å². The summed E-state index contributed by atoms with van der Waals surface area (Å²) < 4.78 is 6.89. The first-order chi connectivity index (χ1) is 7.48. The lowest BCUT2D eigenvalue weighted by Gasteiger charge is -2.21. The van der Waals surface area contributed by atoms with E-state index in [0.29, 0.717) is 6.61 Å². The highest BCUT2D eigenvalue weighted by atomic mass is 127. The molecule has 2 nitrogen and oxygen atoms in total. The lowest BCUT2D eigenvalue weighted by Crippen LogP contribution is -2.25. The molecule has 1 aromatic carbocycles. The molecule has 0 aliphatic carbocycles. The van der Waals surface area contributed by atoms with E-state index < -0.39 is 0 Å². The molecule has 1 aromatic rings. The quantitative estimate of drug-likeness (QED) is 0.723. The van der Waals surface area contributed by atoms with E-state index in [1.54, 1.807) is 0 Å². The molecule has 0 aromatic heterocycles. The Kier molecular flexibility index (Phi) is 3.24. The van der Waals surface area contributed by atoms with Crippen LogP contribution < -0.4 is 0 Å². The van der Waals surface area contributed by atoms with Gasteiger partial charge in [0.1, 0.15) is 6.61 Å². The van der Waals surface area contributed by atoms with Gasteiger partial charge < -0.3 is 4.74 Å². The van der Waals surface area contributed by atoms with Gasteiger partial charge in [-0.3, -0.25) is 0 Å². The topological polar surface area (TPSA) is 21.6 Å². The van der Waals surface area contributed by atoms with Crippen molar-refractivity contribution in [1.29, 1.82) is 0 Å². The van der Waals surface area contributed by atoms with E-state index in [2.05, 4.69) is 60.5 Å². The molecule has 0 spiro atoms. The summed E-state index contributed by atoms with van der Waals surface area (Å²) in [5.74, 6) is 0.796. The number of ether oxygens (including phenoxy) is 1. The van der Waals surface area contributed by atoms with Crippen molar-refractivity contribution in [3.05, 3.63) is 33.4 Å². The van der Waals surface area contributed by atoms with Crippen molar-refractivity contribution < 1.29 is 4.74 Å². The molecular weight excluding hydrogens is 313 g/mol. The summed E-state index contributed by atoms with van der Waals surface area (Å²) in [4.78, 5) is 4.68. The van der Waals surface area contributed by atoms with Gasteiger partial charge in [-0.25, -0.2) is 4.99 Å². The van der Waals surface area contributed by atoms with Gasteiger partial charge in [-0.2, -0.15) is 0 Å². The molecular formula is C13H16INO. The maximum Gasteiger partial charge on any atom is 0.217 e. The van der Waals surface area contributed by atoms with Crippen LogP contribution in [0.5, 0.6) is 0 Å². The second kappa shape index (κ2) is 4.35. The van der Waals surface area contributed by atoms with Crippen molar-refractivity contribution in [3.63, 3.8) is 0 Å². The molecule has 86 valence electrons. The Bertz CT molecular complexity index is 420. The Labute approximate surface area is 110 Å². The fraction of sp³-hybridized carbons (Fsp3) is 0.462. The van der Waals surface area contributed by atoms with Crippen molar-refractivity contribution in [1.82, 2.24) is 0 Å². The summed E-state index contributed by atoms with van der Waals surface area (Å²) in [6, 6.07) is 8.45. The van der Waals surface area contributed by atoms with E-state index in [0.717, 1.165) is 11.5 Å². The molecule has 0 amide bonds. The Hall–Kier alpha value is -0.580. The lowest BCUT2D eigenvalue weighted by atomic mass is 9.88. The van der Waals surface area contributed by atoms with Crippen LogP contribution in [-0.2, 0) is 4.74 Å². The van der Waals surface area contributed by atoms with E-state index in [1.807, 2.05) is 12.1 Å². The summed E-state index contributed by atoms with van der Waals surface area (Å²) >= 11 is 2.32. The van der Waals surface area contributed by atoms with Gasteiger partial charge in [0.15, 0.2) is 0 Å². The highest BCUT2D eigenvalue weighted by Crippen LogP contribution is 2.28. The summed E-state index contributed by atoms with van der Waals surface area (Å²) in [5.41, 5.74) is 1.27. The second-order valence-electron chi connectivity index (χ2n) is 5.11. The Morgan fingerprint density at radius 1 is 1.31 bits per heavy atom. The highest BCUT2D eigenvalue weighted by molar-refractivity contribution is 14.1. The molecule has 1 atom stereocenters. The van der Waals surface area contributed by atoms with Gasteiger partial charge in [-0.15, -0.1) is 0 Å². The van der Waals surface area contributed by atoms with Crippen molar-refractivity contribution in [3.8, 4) is 0 Å². The standard InChI is InChI=1S/C13H16INO/c1-13(2,3)11-8-16-12(15-11)9-6-4-5-7-10(9)14/h4-7,11H,8H2,1-3H3. The van der Waals surface area contributed by atoms with Crippen molar-refractivity contribution in [2.45, 2.75) is 26.8 Å². The van der Waals surface area contributed by atoms with Crippen molar-refractivity contribution >= 4 is 28.5 Å². The second-order valence-corrected chi connectivity index (χ2v) is 6.27. The zero-order chi connectivity index (χ0) is 11.8. The van der Waals surface area contributed by atoms with Gasteiger partial charge in [-0.05, 0) is 40.1 Å². The predicted molar refractivity (Wildman–Crippen MR) is 74.9 cm³/mol. The van der Waals surface area contributed by atoms with Gasteiger partial charge in [0.2, 0.25) is 5.90 Å². The minimum absolute atomic E-state index is 0.169.